The maximum atomic E-state index is 3.47. The van der Waals surface area contributed by atoms with Crippen LogP contribution in [0, 0.1) is 130 Å². The standard InChI is InChI=1S/C82H132N2/c1-3-27-67(28-4-1)83(68-29-5-2-6-30-68)69-43-39-61(40-44-69)81-75-51-63-19-7-9-21-65(63)53-77(75)82(78-54-66-22-10-8-20-64(66)52-76(78)81)62-41-45-70(46-42-62)84-79-47-35-55(33-37-59-25-15-23-57-17-11-13-31-71(57)59)49-73(79)74-50-56(36-48-80(74)84)34-38-60-26-16-24-58-18-12-14-32-72(58)60/h33-34,37-38,55-82H,1-32,35-36,39-54H2. The summed E-state index contributed by atoms with van der Waals surface area (Å²) in [4.78, 5) is 6.79. The van der Waals surface area contributed by atoms with Gasteiger partial charge in [-0.25, -0.2) is 0 Å². The van der Waals surface area contributed by atoms with Crippen molar-refractivity contribution in [1.29, 1.82) is 0 Å². The summed E-state index contributed by atoms with van der Waals surface area (Å²) in [6, 6.07) is 5.45. The Kier molecular flexibility index (Phi) is 18.5. The third-order valence-electron chi connectivity index (χ3n) is 32.6. The van der Waals surface area contributed by atoms with E-state index >= 15 is 0 Å². The molecule has 20 unspecified atom stereocenters. The molecule has 0 bridgehead atoms. The fraction of sp³-hybridized carbons (Fsp3) is 0.951. The molecule has 2 heteroatoms. The Bertz CT molecular complexity index is 2020. The van der Waals surface area contributed by atoms with Crippen molar-refractivity contribution in [1.82, 2.24) is 9.80 Å². The maximum Gasteiger partial charge on any atom is 0.0133 e. The van der Waals surface area contributed by atoms with Crippen molar-refractivity contribution in [2.75, 3.05) is 0 Å². The van der Waals surface area contributed by atoms with Crippen LogP contribution in [0.2, 0.25) is 0 Å². The Hall–Kier alpha value is -0.600. The van der Waals surface area contributed by atoms with Crippen molar-refractivity contribution in [3.05, 3.63) is 24.3 Å². The number of hydrogen-bond donors (Lipinski definition) is 0. The van der Waals surface area contributed by atoms with Crippen LogP contribution in [0.3, 0.4) is 0 Å². The van der Waals surface area contributed by atoms with Gasteiger partial charge in [0.15, 0.2) is 0 Å². The van der Waals surface area contributed by atoms with Crippen LogP contribution in [0.5, 0.6) is 0 Å². The van der Waals surface area contributed by atoms with E-state index < -0.39 is 0 Å². The Balaban J connectivity index is 0.646. The first kappa shape index (κ1) is 58.5. The van der Waals surface area contributed by atoms with E-state index in [0.717, 1.165) is 166 Å². The van der Waals surface area contributed by atoms with E-state index in [4.69, 9.17) is 0 Å². The van der Waals surface area contributed by atoms with Gasteiger partial charge in [-0.1, -0.05) is 178 Å². The third kappa shape index (κ3) is 11.8. The Morgan fingerprint density at radius 2 is 0.583 bits per heavy atom. The lowest BCUT2D eigenvalue weighted by Gasteiger charge is -2.64. The highest BCUT2D eigenvalue weighted by Crippen LogP contribution is 2.67. The normalized spacial score (nSPS) is 50.7. The summed E-state index contributed by atoms with van der Waals surface area (Å²) in [6.45, 7) is 0. The van der Waals surface area contributed by atoms with E-state index in [1.165, 1.54) is 141 Å². The van der Waals surface area contributed by atoms with Gasteiger partial charge in [0.1, 0.15) is 0 Å². The maximum absolute atomic E-state index is 3.47. The van der Waals surface area contributed by atoms with Crippen molar-refractivity contribution in [3.8, 4) is 0 Å². The molecule has 15 aliphatic carbocycles. The first-order valence-electron chi connectivity index (χ1n) is 40.5. The highest BCUT2D eigenvalue weighted by atomic mass is 15.3. The molecular formula is C82H132N2. The minimum atomic E-state index is 0.857. The summed E-state index contributed by atoms with van der Waals surface area (Å²) in [5, 5.41) is 0. The van der Waals surface area contributed by atoms with Gasteiger partial charge >= 0.3 is 0 Å². The molecule has 15 saturated carbocycles. The summed E-state index contributed by atoms with van der Waals surface area (Å²) in [7, 11) is 0. The Morgan fingerprint density at radius 1 is 0.226 bits per heavy atom. The fourth-order valence-corrected chi connectivity index (χ4v) is 29.2. The molecule has 470 valence electrons. The summed E-state index contributed by atoms with van der Waals surface area (Å²) < 4.78 is 0. The molecule has 1 heterocycles. The number of likely N-dealkylation sites (tertiary alicyclic amines) is 1. The second kappa shape index (κ2) is 26.6. The molecule has 16 rings (SSSR count). The fourth-order valence-electron chi connectivity index (χ4n) is 29.2. The molecule has 0 aromatic carbocycles. The number of nitrogens with zero attached hydrogens (tertiary/aromatic N) is 2. The van der Waals surface area contributed by atoms with Crippen molar-refractivity contribution in [2.24, 2.45) is 130 Å². The van der Waals surface area contributed by atoms with Crippen LogP contribution in [0.4, 0.5) is 0 Å². The summed E-state index contributed by atoms with van der Waals surface area (Å²) in [5.41, 5.74) is 0. The van der Waals surface area contributed by atoms with Gasteiger partial charge in [-0.2, -0.15) is 0 Å². The molecule has 1 saturated heterocycles. The van der Waals surface area contributed by atoms with E-state index in [1.54, 1.807) is 180 Å². The first-order chi connectivity index (χ1) is 41.6. The van der Waals surface area contributed by atoms with Gasteiger partial charge in [-0.15, -0.1) is 0 Å². The molecule has 20 atom stereocenters. The minimum absolute atomic E-state index is 0.857. The average Bonchev–Trinajstić information content (AvgIpc) is 1.88. The van der Waals surface area contributed by atoms with Gasteiger partial charge in [-0.3, -0.25) is 9.80 Å². The molecule has 16 fully saturated rings. The molecule has 16 aliphatic rings. The molecule has 2 nitrogen and oxygen atoms in total. The van der Waals surface area contributed by atoms with E-state index in [1.807, 2.05) is 0 Å². The van der Waals surface area contributed by atoms with Gasteiger partial charge in [0.05, 0.1) is 0 Å². The van der Waals surface area contributed by atoms with E-state index in [2.05, 4.69) is 34.1 Å². The average molecular weight is 1150 g/mol. The van der Waals surface area contributed by atoms with Gasteiger partial charge in [0, 0.05) is 36.3 Å². The smallest absolute Gasteiger partial charge is 0.0133 e. The lowest BCUT2D eigenvalue weighted by atomic mass is 9.41. The number of allylic oxidation sites excluding steroid dienone is 4. The zero-order chi connectivity index (χ0) is 55.5. The third-order valence-corrected chi connectivity index (χ3v) is 32.6. The van der Waals surface area contributed by atoms with Crippen LogP contribution < -0.4 is 0 Å². The lowest BCUT2D eigenvalue weighted by Crippen LogP contribution is -2.58. The lowest BCUT2D eigenvalue weighted by molar-refractivity contribution is -0.154. The van der Waals surface area contributed by atoms with Gasteiger partial charge in [0.2, 0.25) is 0 Å². The molecular weight excluding hydrogens is 1010 g/mol. The van der Waals surface area contributed by atoms with Crippen molar-refractivity contribution < 1.29 is 0 Å². The second-order valence-electron chi connectivity index (χ2n) is 36.0. The molecule has 84 heavy (non-hydrogen) atoms. The van der Waals surface area contributed by atoms with Crippen LogP contribution in [0.1, 0.15) is 321 Å². The minimum Gasteiger partial charge on any atom is -0.294 e. The zero-order valence-electron chi connectivity index (χ0n) is 54.7. The largest absolute Gasteiger partial charge is 0.294 e. The molecule has 1 aliphatic heterocycles. The summed E-state index contributed by atoms with van der Waals surface area (Å²) >= 11 is 0. The topological polar surface area (TPSA) is 6.48 Å². The van der Waals surface area contributed by atoms with Crippen molar-refractivity contribution in [2.45, 2.75) is 357 Å². The highest BCUT2D eigenvalue weighted by molar-refractivity contribution is 5.14. The molecule has 0 radical (unpaired) electrons. The predicted octanol–water partition coefficient (Wildman–Crippen LogP) is 22.2. The van der Waals surface area contributed by atoms with Crippen LogP contribution in [0.15, 0.2) is 24.3 Å². The Morgan fingerprint density at radius 3 is 1.01 bits per heavy atom. The van der Waals surface area contributed by atoms with Crippen molar-refractivity contribution >= 4 is 0 Å². The molecule has 0 spiro atoms. The first-order valence-corrected chi connectivity index (χ1v) is 40.5. The number of hydrogen-bond acceptors (Lipinski definition) is 2. The monoisotopic (exact) mass is 1150 g/mol. The molecule has 0 N–H and O–H groups in total. The SMILES string of the molecule is C(=CC1CCCC2CCCCC12)C1CCC2C(C1)C1CC(C=CC3CCCC4CCCCC34)CCC1N2C1CCC(C2C3CC4CCCCC4CC3C(C3CCC(N(C4CCCCC4)C4CCCCC4)CC3)C3CC4CCCCC4CC32)CC1. The zero-order valence-corrected chi connectivity index (χ0v) is 54.7. The van der Waals surface area contributed by atoms with Crippen LogP contribution in [0.25, 0.3) is 0 Å². The van der Waals surface area contributed by atoms with E-state index in [-0.39, 0.29) is 0 Å². The molecule has 0 aromatic rings. The van der Waals surface area contributed by atoms with Crippen LogP contribution >= 0.6 is 0 Å². The van der Waals surface area contributed by atoms with E-state index in [0.29, 0.717) is 0 Å². The summed E-state index contributed by atoms with van der Waals surface area (Å²) in [6.07, 6.45) is 89.5. The molecule has 0 amide bonds. The van der Waals surface area contributed by atoms with Gasteiger partial charge in [-0.05, 0) is 297 Å². The Labute approximate surface area is 518 Å². The molecule has 0 aromatic heterocycles. The predicted molar refractivity (Wildman–Crippen MR) is 352 cm³/mol. The highest BCUT2D eigenvalue weighted by Gasteiger charge is 2.61. The summed E-state index contributed by atoms with van der Waals surface area (Å²) in [5.74, 6) is 22.6. The second-order valence-corrected chi connectivity index (χ2v) is 36.0. The van der Waals surface area contributed by atoms with Gasteiger partial charge in [0.25, 0.3) is 0 Å². The van der Waals surface area contributed by atoms with Gasteiger partial charge < -0.3 is 0 Å². The van der Waals surface area contributed by atoms with Crippen LogP contribution in [-0.4, -0.2) is 46.1 Å². The van der Waals surface area contributed by atoms with E-state index in [9.17, 15) is 0 Å². The number of rotatable bonds is 10. The quantitative estimate of drug-likeness (QED) is 0.201. The number of fused-ring (bicyclic) bond motifs is 9. The van der Waals surface area contributed by atoms with Crippen molar-refractivity contribution in [3.63, 3.8) is 0 Å². The van der Waals surface area contributed by atoms with Crippen LogP contribution in [-0.2, 0) is 0 Å².